The van der Waals surface area contributed by atoms with E-state index >= 15 is 0 Å². The minimum Gasteiger partial charge on any atom is -0.330 e. The average Bonchev–Trinajstić information content (AvgIpc) is 2.21. The maximum absolute atomic E-state index is 5.56. The molecule has 16 heavy (non-hydrogen) atoms. The lowest BCUT2D eigenvalue weighted by atomic mass is 10.1. The van der Waals surface area contributed by atoms with Crippen molar-refractivity contribution in [1.82, 2.24) is 4.90 Å². The lowest BCUT2D eigenvalue weighted by molar-refractivity contribution is 0.273. The monoisotopic (exact) mass is 220 g/mol. The minimum absolute atomic E-state index is 0.681. The zero-order valence-corrected chi connectivity index (χ0v) is 10.7. The van der Waals surface area contributed by atoms with E-state index in [0.29, 0.717) is 5.92 Å². The summed E-state index contributed by atoms with van der Waals surface area (Å²) in [6, 6.07) is 8.76. The molecule has 2 heteroatoms. The predicted molar refractivity (Wildman–Crippen MR) is 70.3 cm³/mol. The summed E-state index contributed by atoms with van der Waals surface area (Å²) in [6.07, 6.45) is 1.11. The van der Waals surface area contributed by atoms with E-state index in [1.54, 1.807) is 0 Å². The standard InChI is InChI=1S/C14H24N2/c1-12-4-6-14(7-5-12)11-16(3)10-13(2)8-9-15/h4-7,13H,8-11,15H2,1-3H3. The van der Waals surface area contributed by atoms with Crippen LogP contribution in [-0.4, -0.2) is 25.0 Å². The summed E-state index contributed by atoms with van der Waals surface area (Å²) < 4.78 is 0. The van der Waals surface area contributed by atoms with E-state index in [0.717, 1.165) is 26.1 Å². The van der Waals surface area contributed by atoms with E-state index < -0.39 is 0 Å². The molecule has 0 saturated heterocycles. The molecule has 0 aliphatic heterocycles. The predicted octanol–water partition coefficient (Wildman–Crippen LogP) is 2.41. The van der Waals surface area contributed by atoms with Gasteiger partial charge in [-0.15, -0.1) is 0 Å². The fraction of sp³-hybridized carbons (Fsp3) is 0.571. The van der Waals surface area contributed by atoms with Gasteiger partial charge in [-0.25, -0.2) is 0 Å². The lowest BCUT2D eigenvalue weighted by Crippen LogP contribution is -2.25. The summed E-state index contributed by atoms with van der Waals surface area (Å²) in [6.45, 7) is 7.31. The maximum Gasteiger partial charge on any atom is 0.0230 e. The molecule has 0 saturated carbocycles. The fourth-order valence-electron chi connectivity index (χ4n) is 1.98. The quantitative estimate of drug-likeness (QED) is 0.797. The largest absolute Gasteiger partial charge is 0.330 e. The molecule has 0 heterocycles. The van der Waals surface area contributed by atoms with E-state index in [1.165, 1.54) is 11.1 Å². The Hall–Kier alpha value is -0.860. The van der Waals surface area contributed by atoms with Gasteiger partial charge in [0.25, 0.3) is 0 Å². The van der Waals surface area contributed by atoms with Crippen LogP contribution in [0.2, 0.25) is 0 Å². The van der Waals surface area contributed by atoms with Crippen LogP contribution in [0.1, 0.15) is 24.5 Å². The number of nitrogens with zero attached hydrogens (tertiary/aromatic N) is 1. The van der Waals surface area contributed by atoms with Crippen molar-refractivity contribution in [2.24, 2.45) is 11.7 Å². The molecule has 0 fully saturated rings. The Kier molecular flexibility index (Phi) is 5.50. The highest BCUT2D eigenvalue weighted by Crippen LogP contribution is 2.08. The number of hydrogen-bond donors (Lipinski definition) is 1. The fourth-order valence-corrected chi connectivity index (χ4v) is 1.98. The van der Waals surface area contributed by atoms with E-state index in [-0.39, 0.29) is 0 Å². The Morgan fingerprint density at radius 2 is 1.88 bits per heavy atom. The van der Waals surface area contributed by atoms with E-state index in [1.807, 2.05) is 0 Å². The van der Waals surface area contributed by atoms with Crippen LogP contribution in [0.3, 0.4) is 0 Å². The van der Waals surface area contributed by atoms with Gasteiger partial charge in [-0.3, -0.25) is 0 Å². The van der Waals surface area contributed by atoms with Crippen LogP contribution in [-0.2, 0) is 6.54 Å². The van der Waals surface area contributed by atoms with Gasteiger partial charge in [-0.2, -0.15) is 0 Å². The van der Waals surface area contributed by atoms with Crippen molar-refractivity contribution in [2.45, 2.75) is 26.8 Å². The molecule has 0 amide bonds. The molecule has 0 bridgehead atoms. The minimum atomic E-state index is 0.681. The molecule has 0 radical (unpaired) electrons. The Balaban J connectivity index is 2.39. The third-order valence-corrected chi connectivity index (χ3v) is 2.86. The molecule has 0 aromatic heterocycles. The molecule has 0 spiro atoms. The summed E-state index contributed by atoms with van der Waals surface area (Å²) in [5.41, 5.74) is 8.26. The van der Waals surface area contributed by atoms with Crippen LogP contribution in [0.5, 0.6) is 0 Å². The van der Waals surface area contributed by atoms with Gasteiger partial charge in [0.05, 0.1) is 0 Å². The van der Waals surface area contributed by atoms with Gasteiger partial charge < -0.3 is 10.6 Å². The second-order valence-electron chi connectivity index (χ2n) is 4.86. The second kappa shape index (κ2) is 6.66. The normalized spacial score (nSPS) is 13.1. The van der Waals surface area contributed by atoms with Crippen LogP contribution in [0, 0.1) is 12.8 Å². The molecule has 1 unspecified atom stereocenters. The Labute approximate surface area is 99.5 Å². The first-order chi connectivity index (χ1) is 7.61. The Bertz CT molecular complexity index is 292. The van der Waals surface area contributed by atoms with Gasteiger partial charge in [0.2, 0.25) is 0 Å². The summed E-state index contributed by atoms with van der Waals surface area (Å²) >= 11 is 0. The Morgan fingerprint density at radius 1 is 1.25 bits per heavy atom. The van der Waals surface area contributed by atoms with Gasteiger partial charge in [0.1, 0.15) is 0 Å². The van der Waals surface area contributed by atoms with Gasteiger partial charge in [-0.05, 0) is 38.4 Å². The zero-order chi connectivity index (χ0) is 12.0. The summed E-state index contributed by atoms with van der Waals surface area (Å²) in [4.78, 5) is 2.37. The molecule has 1 rings (SSSR count). The molecule has 2 N–H and O–H groups in total. The lowest BCUT2D eigenvalue weighted by Gasteiger charge is -2.21. The summed E-state index contributed by atoms with van der Waals surface area (Å²) in [5, 5.41) is 0. The number of aryl methyl sites for hydroxylation is 1. The van der Waals surface area contributed by atoms with Crippen molar-refractivity contribution in [3.05, 3.63) is 35.4 Å². The van der Waals surface area contributed by atoms with Crippen LogP contribution in [0.4, 0.5) is 0 Å². The Morgan fingerprint density at radius 3 is 2.44 bits per heavy atom. The van der Waals surface area contributed by atoms with Gasteiger partial charge in [-0.1, -0.05) is 36.8 Å². The van der Waals surface area contributed by atoms with Gasteiger partial charge in [0.15, 0.2) is 0 Å². The molecule has 1 atom stereocenters. The molecule has 1 aromatic rings. The van der Waals surface area contributed by atoms with Crippen molar-refractivity contribution in [2.75, 3.05) is 20.1 Å². The van der Waals surface area contributed by atoms with Crippen molar-refractivity contribution in [1.29, 1.82) is 0 Å². The third-order valence-electron chi connectivity index (χ3n) is 2.86. The van der Waals surface area contributed by atoms with Crippen LogP contribution < -0.4 is 5.73 Å². The molecule has 90 valence electrons. The number of nitrogens with two attached hydrogens (primary N) is 1. The summed E-state index contributed by atoms with van der Waals surface area (Å²) in [5.74, 6) is 0.681. The van der Waals surface area contributed by atoms with Crippen molar-refractivity contribution in [3.63, 3.8) is 0 Å². The van der Waals surface area contributed by atoms with Crippen molar-refractivity contribution >= 4 is 0 Å². The van der Waals surface area contributed by atoms with Crippen molar-refractivity contribution in [3.8, 4) is 0 Å². The van der Waals surface area contributed by atoms with Gasteiger partial charge >= 0.3 is 0 Å². The first kappa shape index (κ1) is 13.2. The smallest absolute Gasteiger partial charge is 0.0230 e. The van der Waals surface area contributed by atoms with Crippen LogP contribution >= 0.6 is 0 Å². The van der Waals surface area contributed by atoms with Crippen molar-refractivity contribution < 1.29 is 0 Å². The molecular weight excluding hydrogens is 196 g/mol. The first-order valence-corrected chi connectivity index (χ1v) is 6.06. The topological polar surface area (TPSA) is 29.3 Å². The molecule has 0 aliphatic carbocycles. The number of hydrogen-bond acceptors (Lipinski definition) is 2. The van der Waals surface area contributed by atoms with Crippen LogP contribution in [0.15, 0.2) is 24.3 Å². The van der Waals surface area contributed by atoms with E-state index in [4.69, 9.17) is 5.73 Å². The van der Waals surface area contributed by atoms with E-state index in [2.05, 4.69) is 50.1 Å². The number of rotatable bonds is 6. The highest BCUT2D eigenvalue weighted by Gasteiger charge is 2.06. The van der Waals surface area contributed by atoms with Crippen LogP contribution in [0.25, 0.3) is 0 Å². The molecule has 2 nitrogen and oxygen atoms in total. The average molecular weight is 220 g/mol. The third kappa shape index (κ3) is 4.77. The highest BCUT2D eigenvalue weighted by atomic mass is 15.1. The molecule has 1 aromatic carbocycles. The van der Waals surface area contributed by atoms with E-state index in [9.17, 15) is 0 Å². The second-order valence-corrected chi connectivity index (χ2v) is 4.86. The SMILES string of the molecule is Cc1ccc(CN(C)CC(C)CCN)cc1. The summed E-state index contributed by atoms with van der Waals surface area (Å²) in [7, 11) is 2.17. The van der Waals surface area contributed by atoms with Gasteiger partial charge in [0, 0.05) is 13.1 Å². The highest BCUT2D eigenvalue weighted by molar-refractivity contribution is 5.21. The first-order valence-electron chi connectivity index (χ1n) is 6.06. The maximum atomic E-state index is 5.56. The zero-order valence-electron chi connectivity index (χ0n) is 10.7. The number of benzene rings is 1. The molecule has 0 aliphatic rings. The molecular formula is C14H24N2.